The minimum absolute atomic E-state index is 0.263. The number of halogens is 1. The van der Waals surface area contributed by atoms with Gasteiger partial charge in [0, 0.05) is 18.2 Å². The number of hydrogen-bond donors (Lipinski definition) is 1. The minimum atomic E-state index is 0.263. The molecule has 4 rings (SSSR count). The van der Waals surface area contributed by atoms with E-state index >= 15 is 0 Å². The molecule has 0 radical (unpaired) electrons. The molecule has 0 unspecified atom stereocenters. The van der Waals surface area contributed by atoms with Gasteiger partial charge in [0.2, 0.25) is 5.95 Å². The standard InChI is InChI=1S/C20H16BrN5/c1-12-9-14(11-23-19(12)21)15-7-8-16-18(24-15)17(26-20(22)25-16)10-13-5-3-2-4-6-13/h2-9,11H,10H2,1H3,(H2,22,25,26). The van der Waals surface area contributed by atoms with E-state index in [1.54, 1.807) is 6.20 Å². The molecule has 128 valence electrons. The van der Waals surface area contributed by atoms with Crippen molar-refractivity contribution in [3.63, 3.8) is 0 Å². The predicted octanol–water partition coefficient (Wildman–Crippen LogP) is 4.33. The van der Waals surface area contributed by atoms with E-state index in [9.17, 15) is 0 Å². The molecule has 0 bridgehead atoms. The summed E-state index contributed by atoms with van der Waals surface area (Å²) < 4.78 is 0.836. The Kier molecular flexibility index (Phi) is 4.34. The number of pyridine rings is 2. The number of rotatable bonds is 3. The SMILES string of the molecule is Cc1cc(-c2ccc3nc(N)nc(Cc4ccccc4)c3n2)cnc1Br. The van der Waals surface area contributed by atoms with Crippen LogP contribution in [0.3, 0.4) is 0 Å². The van der Waals surface area contributed by atoms with Gasteiger partial charge in [-0.15, -0.1) is 0 Å². The highest BCUT2D eigenvalue weighted by Gasteiger charge is 2.11. The second-order valence-corrected chi connectivity index (χ2v) is 6.84. The molecular formula is C20H16BrN5. The minimum Gasteiger partial charge on any atom is -0.368 e. The van der Waals surface area contributed by atoms with Crippen LogP contribution in [-0.2, 0) is 6.42 Å². The molecule has 0 saturated carbocycles. The first-order valence-corrected chi connectivity index (χ1v) is 8.99. The lowest BCUT2D eigenvalue weighted by Crippen LogP contribution is -2.03. The number of benzene rings is 1. The molecular weight excluding hydrogens is 390 g/mol. The lowest BCUT2D eigenvalue weighted by atomic mass is 10.1. The largest absolute Gasteiger partial charge is 0.368 e. The van der Waals surface area contributed by atoms with E-state index in [4.69, 9.17) is 10.7 Å². The highest BCUT2D eigenvalue weighted by atomic mass is 79.9. The van der Waals surface area contributed by atoms with Gasteiger partial charge >= 0.3 is 0 Å². The molecule has 1 aromatic carbocycles. The Morgan fingerprint density at radius 2 is 1.81 bits per heavy atom. The zero-order chi connectivity index (χ0) is 18.1. The Hall–Kier alpha value is -2.86. The maximum absolute atomic E-state index is 5.90. The number of nitrogen functional groups attached to an aromatic ring is 1. The topological polar surface area (TPSA) is 77.6 Å². The van der Waals surface area contributed by atoms with Crippen molar-refractivity contribution in [2.75, 3.05) is 5.73 Å². The summed E-state index contributed by atoms with van der Waals surface area (Å²) in [5, 5.41) is 0. The summed E-state index contributed by atoms with van der Waals surface area (Å²) in [4.78, 5) is 18.0. The van der Waals surface area contributed by atoms with E-state index in [1.807, 2.05) is 37.3 Å². The summed E-state index contributed by atoms with van der Waals surface area (Å²) >= 11 is 3.43. The maximum Gasteiger partial charge on any atom is 0.220 e. The average molecular weight is 406 g/mol. The maximum atomic E-state index is 5.90. The predicted molar refractivity (Wildman–Crippen MR) is 107 cm³/mol. The molecule has 3 heterocycles. The monoisotopic (exact) mass is 405 g/mol. The van der Waals surface area contributed by atoms with Crippen LogP contribution in [0.25, 0.3) is 22.3 Å². The Morgan fingerprint density at radius 3 is 2.58 bits per heavy atom. The third-order valence-corrected chi connectivity index (χ3v) is 4.99. The molecule has 0 saturated heterocycles. The average Bonchev–Trinajstić information content (AvgIpc) is 2.64. The Balaban J connectivity index is 1.84. The fraction of sp³-hybridized carbons (Fsp3) is 0.100. The zero-order valence-corrected chi connectivity index (χ0v) is 15.7. The van der Waals surface area contributed by atoms with E-state index in [0.717, 1.165) is 43.7 Å². The molecule has 0 aliphatic carbocycles. The number of aryl methyl sites for hydroxylation is 1. The van der Waals surface area contributed by atoms with Gasteiger partial charge in [-0.2, -0.15) is 0 Å². The van der Waals surface area contributed by atoms with Gasteiger partial charge < -0.3 is 5.73 Å². The zero-order valence-electron chi connectivity index (χ0n) is 14.1. The van der Waals surface area contributed by atoms with E-state index in [2.05, 4.69) is 49.1 Å². The van der Waals surface area contributed by atoms with Crippen LogP contribution in [0.5, 0.6) is 0 Å². The highest BCUT2D eigenvalue weighted by Crippen LogP contribution is 2.25. The summed E-state index contributed by atoms with van der Waals surface area (Å²) in [5.74, 6) is 0.263. The van der Waals surface area contributed by atoms with Gasteiger partial charge in [0.25, 0.3) is 0 Å². The van der Waals surface area contributed by atoms with Gasteiger partial charge in [-0.3, -0.25) is 0 Å². The van der Waals surface area contributed by atoms with Crippen molar-refractivity contribution in [3.05, 3.63) is 76.2 Å². The van der Waals surface area contributed by atoms with Gasteiger partial charge in [0.05, 0.1) is 16.9 Å². The Bertz CT molecular complexity index is 1100. The van der Waals surface area contributed by atoms with Crippen LogP contribution in [-0.4, -0.2) is 19.9 Å². The van der Waals surface area contributed by atoms with E-state index in [1.165, 1.54) is 0 Å². The summed E-state index contributed by atoms with van der Waals surface area (Å²) in [5.41, 5.74) is 12.2. The molecule has 0 aliphatic heterocycles. The number of anilines is 1. The van der Waals surface area contributed by atoms with Gasteiger partial charge in [-0.05, 0) is 52.2 Å². The number of nitrogens with zero attached hydrogens (tertiary/aromatic N) is 4. The van der Waals surface area contributed by atoms with E-state index < -0.39 is 0 Å². The van der Waals surface area contributed by atoms with Crippen LogP contribution in [0.1, 0.15) is 16.8 Å². The normalized spacial score (nSPS) is 11.0. The van der Waals surface area contributed by atoms with Gasteiger partial charge in [0.15, 0.2) is 0 Å². The van der Waals surface area contributed by atoms with E-state index in [0.29, 0.717) is 6.42 Å². The highest BCUT2D eigenvalue weighted by molar-refractivity contribution is 9.10. The Morgan fingerprint density at radius 1 is 1.00 bits per heavy atom. The summed E-state index contributed by atoms with van der Waals surface area (Å²) in [6.45, 7) is 2.01. The summed E-state index contributed by atoms with van der Waals surface area (Å²) in [6.07, 6.45) is 2.46. The molecule has 3 aromatic heterocycles. The van der Waals surface area contributed by atoms with Crippen molar-refractivity contribution < 1.29 is 0 Å². The molecule has 2 N–H and O–H groups in total. The van der Waals surface area contributed by atoms with Crippen molar-refractivity contribution in [1.82, 2.24) is 19.9 Å². The van der Waals surface area contributed by atoms with Gasteiger partial charge in [0.1, 0.15) is 10.1 Å². The van der Waals surface area contributed by atoms with Crippen molar-refractivity contribution in [2.45, 2.75) is 13.3 Å². The number of fused-ring (bicyclic) bond motifs is 1. The lowest BCUT2D eigenvalue weighted by molar-refractivity contribution is 1.06. The first kappa shape index (κ1) is 16.6. The van der Waals surface area contributed by atoms with Crippen LogP contribution in [0.2, 0.25) is 0 Å². The van der Waals surface area contributed by atoms with Gasteiger partial charge in [-0.1, -0.05) is 30.3 Å². The second kappa shape index (κ2) is 6.80. The Labute approximate surface area is 159 Å². The first-order chi connectivity index (χ1) is 12.6. The number of aromatic nitrogens is 4. The van der Waals surface area contributed by atoms with Crippen LogP contribution in [0.15, 0.2) is 59.3 Å². The van der Waals surface area contributed by atoms with Crippen molar-refractivity contribution in [1.29, 1.82) is 0 Å². The molecule has 4 aromatic rings. The summed E-state index contributed by atoms with van der Waals surface area (Å²) in [6, 6.07) is 16.1. The molecule has 0 spiro atoms. The van der Waals surface area contributed by atoms with Crippen LogP contribution >= 0.6 is 15.9 Å². The molecule has 26 heavy (non-hydrogen) atoms. The number of hydrogen-bond acceptors (Lipinski definition) is 5. The summed E-state index contributed by atoms with van der Waals surface area (Å²) in [7, 11) is 0. The third kappa shape index (κ3) is 3.28. The van der Waals surface area contributed by atoms with Crippen molar-refractivity contribution in [3.8, 4) is 11.3 Å². The molecule has 0 fully saturated rings. The molecule has 0 amide bonds. The molecule has 0 atom stereocenters. The first-order valence-electron chi connectivity index (χ1n) is 8.20. The van der Waals surface area contributed by atoms with Gasteiger partial charge in [-0.25, -0.2) is 19.9 Å². The van der Waals surface area contributed by atoms with Crippen LogP contribution < -0.4 is 5.73 Å². The van der Waals surface area contributed by atoms with Crippen LogP contribution in [0.4, 0.5) is 5.95 Å². The van der Waals surface area contributed by atoms with Crippen LogP contribution in [0, 0.1) is 6.92 Å². The number of nitrogens with two attached hydrogens (primary N) is 1. The molecule has 6 heteroatoms. The van der Waals surface area contributed by atoms with E-state index in [-0.39, 0.29) is 5.95 Å². The van der Waals surface area contributed by atoms with Crippen molar-refractivity contribution in [2.24, 2.45) is 0 Å². The lowest BCUT2D eigenvalue weighted by Gasteiger charge is -2.09. The fourth-order valence-electron chi connectivity index (χ4n) is 2.87. The quantitative estimate of drug-likeness (QED) is 0.513. The second-order valence-electron chi connectivity index (χ2n) is 6.09. The molecule has 0 aliphatic rings. The smallest absolute Gasteiger partial charge is 0.220 e. The fourth-order valence-corrected chi connectivity index (χ4v) is 3.08. The van der Waals surface area contributed by atoms with Crippen molar-refractivity contribution >= 4 is 32.9 Å². The molecule has 5 nitrogen and oxygen atoms in total. The third-order valence-electron chi connectivity index (χ3n) is 4.16.